The highest BCUT2D eigenvalue weighted by Gasteiger charge is 2.81. The quantitative estimate of drug-likeness (QED) is 0.594. The minimum Gasteiger partial charge on any atom is -0.392 e. The summed E-state index contributed by atoms with van der Waals surface area (Å²) in [5.41, 5.74) is -1.44. The van der Waals surface area contributed by atoms with Crippen LogP contribution in [0, 0.1) is 22.7 Å². The van der Waals surface area contributed by atoms with Crippen molar-refractivity contribution in [1.29, 1.82) is 0 Å². The van der Waals surface area contributed by atoms with Gasteiger partial charge in [-0.25, -0.2) is 0 Å². The van der Waals surface area contributed by atoms with Gasteiger partial charge in [0.2, 0.25) is 0 Å². The van der Waals surface area contributed by atoms with E-state index in [4.69, 9.17) is 4.74 Å². The SMILES string of the molecule is C=C1[C@@H]2C[C@H](O)C(C)(C)[C@]23O[C@]12CC[C@@H]1C[C@@]2(C[C@H]3O)C[C@@]1(C)O. The van der Waals surface area contributed by atoms with Gasteiger partial charge in [0.05, 0.1) is 23.4 Å². The second kappa shape index (κ2) is 3.95. The largest absolute Gasteiger partial charge is 0.392 e. The molecule has 4 bridgehead atoms. The van der Waals surface area contributed by atoms with Crippen LogP contribution in [0.5, 0.6) is 0 Å². The summed E-state index contributed by atoms with van der Waals surface area (Å²) >= 11 is 0. The van der Waals surface area contributed by atoms with Gasteiger partial charge in [-0.3, -0.25) is 0 Å². The number of rotatable bonds is 0. The minimum absolute atomic E-state index is 0.0129. The summed E-state index contributed by atoms with van der Waals surface area (Å²) in [5.74, 6) is 0.304. The Morgan fingerprint density at radius 3 is 2.54 bits per heavy atom. The van der Waals surface area contributed by atoms with Crippen LogP contribution in [0.15, 0.2) is 12.2 Å². The number of ether oxygens (including phenoxy) is 1. The molecule has 2 aliphatic heterocycles. The lowest BCUT2D eigenvalue weighted by Gasteiger charge is -2.59. The van der Waals surface area contributed by atoms with Gasteiger partial charge in [0.15, 0.2) is 0 Å². The Labute approximate surface area is 143 Å². The molecule has 0 unspecified atom stereocenters. The number of aliphatic hydroxyl groups excluding tert-OH is 2. The lowest BCUT2D eigenvalue weighted by Crippen LogP contribution is -2.65. The summed E-state index contributed by atoms with van der Waals surface area (Å²) in [7, 11) is 0. The molecule has 5 rings (SSSR count). The summed E-state index contributed by atoms with van der Waals surface area (Å²) in [4.78, 5) is 0. The number of hydrogen-bond donors (Lipinski definition) is 3. The predicted molar refractivity (Wildman–Crippen MR) is 89.2 cm³/mol. The van der Waals surface area contributed by atoms with Crippen molar-refractivity contribution in [3.05, 3.63) is 12.2 Å². The van der Waals surface area contributed by atoms with Crippen LogP contribution in [0.4, 0.5) is 0 Å². The summed E-state index contributed by atoms with van der Waals surface area (Å²) in [6.45, 7) is 10.5. The van der Waals surface area contributed by atoms with E-state index >= 15 is 0 Å². The van der Waals surface area contributed by atoms with Crippen LogP contribution >= 0.6 is 0 Å². The van der Waals surface area contributed by atoms with E-state index in [0.717, 1.165) is 24.8 Å². The van der Waals surface area contributed by atoms with Gasteiger partial charge in [-0.2, -0.15) is 0 Å². The molecule has 0 radical (unpaired) electrons. The highest BCUT2D eigenvalue weighted by atomic mass is 16.6. The molecule has 3 N–H and O–H groups in total. The minimum atomic E-state index is -0.726. The molecule has 3 aliphatic carbocycles. The molecule has 24 heavy (non-hydrogen) atoms. The lowest BCUT2D eigenvalue weighted by atomic mass is 9.58. The Hall–Kier alpha value is -0.420. The maximum Gasteiger partial charge on any atom is 0.109 e. The average Bonchev–Trinajstić information content (AvgIpc) is 2.91. The van der Waals surface area contributed by atoms with Crippen LogP contribution < -0.4 is 0 Å². The van der Waals surface area contributed by atoms with Gasteiger partial charge in [0.25, 0.3) is 0 Å². The first kappa shape index (κ1) is 15.8. The van der Waals surface area contributed by atoms with Gasteiger partial charge < -0.3 is 20.1 Å². The van der Waals surface area contributed by atoms with Crippen molar-refractivity contribution in [2.75, 3.05) is 0 Å². The van der Waals surface area contributed by atoms with E-state index < -0.39 is 34.4 Å². The fourth-order valence-corrected chi connectivity index (χ4v) is 7.83. The molecule has 5 fully saturated rings. The molecule has 0 aromatic carbocycles. The summed E-state index contributed by atoms with van der Waals surface area (Å²) in [6.07, 6.45) is 3.64. The van der Waals surface area contributed by atoms with Crippen LogP contribution in [0.3, 0.4) is 0 Å². The molecule has 4 heteroatoms. The Kier molecular flexibility index (Phi) is 2.60. The smallest absolute Gasteiger partial charge is 0.109 e. The second-order valence-electron chi connectivity index (χ2n) is 10.2. The van der Waals surface area contributed by atoms with Crippen LogP contribution in [0.1, 0.15) is 59.3 Å². The molecule has 2 heterocycles. The Balaban J connectivity index is 1.70. The van der Waals surface area contributed by atoms with E-state index in [1.807, 2.05) is 20.8 Å². The number of hydrogen-bond acceptors (Lipinski definition) is 4. The van der Waals surface area contributed by atoms with Crippen molar-refractivity contribution in [2.45, 2.75) is 88.3 Å². The number of fused-ring (bicyclic) bond motifs is 1. The third-order valence-electron chi connectivity index (χ3n) is 9.09. The van der Waals surface area contributed by atoms with Gasteiger partial charge >= 0.3 is 0 Å². The Morgan fingerprint density at radius 1 is 1.12 bits per heavy atom. The predicted octanol–water partition coefficient (Wildman–Crippen LogP) is 2.16. The molecule has 4 nitrogen and oxygen atoms in total. The Bertz CT molecular complexity index is 640. The fraction of sp³-hybridized carbons (Fsp3) is 0.900. The first-order valence-electron chi connectivity index (χ1n) is 9.50. The van der Waals surface area contributed by atoms with Crippen molar-refractivity contribution in [3.63, 3.8) is 0 Å². The monoisotopic (exact) mass is 334 g/mol. The van der Waals surface area contributed by atoms with E-state index in [-0.39, 0.29) is 11.3 Å². The second-order valence-corrected chi connectivity index (χ2v) is 10.2. The van der Waals surface area contributed by atoms with Gasteiger partial charge in [-0.1, -0.05) is 20.4 Å². The zero-order valence-corrected chi connectivity index (χ0v) is 15.0. The molecule has 5 aliphatic rings. The molecular weight excluding hydrogens is 304 g/mol. The van der Waals surface area contributed by atoms with Crippen LogP contribution in [0.25, 0.3) is 0 Å². The van der Waals surface area contributed by atoms with Crippen LogP contribution in [-0.2, 0) is 4.74 Å². The first-order valence-corrected chi connectivity index (χ1v) is 9.50. The van der Waals surface area contributed by atoms with Crippen molar-refractivity contribution >= 4 is 0 Å². The highest BCUT2D eigenvalue weighted by Crippen LogP contribution is 2.77. The van der Waals surface area contributed by atoms with Crippen molar-refractivity contribution in [2.24, 2.45) is 22.7 Å². The Morgan fingerprint density at radius 2 is 1.83 bits per heavy atom. The first-order chi connectivity index (χ1) is 11.0. The van der Waals surface area contributed by atoms with E-state index in [1.54, 1.807) is 0 Å². The molecule has 134 valence electrons. The van der Waals surface area contributed by atoms with Crippen LogP contribution in [0.2, 0.25) is 0 Å². The molecule has 2 saturated heterocycles. The van der Waals surface area contributed by atoms with Gasteiger partial charge in [0, 0.05) is 16.7 Å². The molecule has 8 atom stereocenters. The van der Waals surface area contributed by atoms with Gasteiger partial charge in [-0.05, 0) is 56.9 Å². The molecule has 0 aromatic rings. The molecule has 3 saturated carbocycles. The van der Waals surface area contributed by atoms with Gasteiger partial charge in [0.1, 0.15) is 5.60 Å². The van der Waals surface area contributed by atoms with Crippen molar-refractivity contribution in [1.82, 2.24) is 0 Å². The van der Waals surface area contributed by atoms with E-state index in [9.17, 15) is 15.3 Å². The van der Waals surface area contributed by atoms with E-state index in [1.165, 1.54) is 0 Å². The van der Waals surface area contributed by atoms with Gasteiger partial charge in [-0.15, -0.1) is 0 Å². The lowest BCUT2D eigenvalue weighted by molar-refractivity contribution is -0.291. The van der Waals surface area contributed by atoms with E-state index in [2.05, 4.69) is 6.58 Å². The number of aliphatic hydroxyl groups is 3. The fourth-order valence-electron chi connectivity index (χ4n) is 7.83. The molecule has 3 spiro atoms. The third kappa shape index (κ3) is 1.31. The third-order valence-corrected chi connectivity index (χ3v) is 9.09. The molecular formula is C20H30O4. The van der Waals surface area contributed by atoms with Crippen molar-refractivity contribution < 1.29 is 20.1 Å². The zero-order valence-electron chi connectivity index (χ0n) is 15.0. The average molecular weight is 334 g/mol. The standard InChI is InChI=1S/C20H30O4/c1-11-13-7-14(21)16(2,3)20(13)15(22)9-18-8-12(17(4,23)10-18)5-6-19(11,18)24-20/h12-15,21-23H,1,5-10H2,2-4H3/t12-,13+,14+,15-,17-,18-,19-,20+/m1/s1. The zero-order chi connectivity index (χ0) is 17.3. The maximum atomic E-state index is 11.3. The topological polar surface area (TPSA) is 69.9 Å². The van der Waals surface area contributed by atoms with Crippen molar-refractivity contribution in [3.8, 4) is 0 Å². The van der Waals surface area contributed by atoms with Crippen LogP contribution in [-0.4, -0.2) is 44.3 Å². The molecule has 0 amide bonds. The summed E-state index contributed by atoms with van der Waals surface area (Å²) in [6, 6.07) is 0. The maximum absolute atomic E-state index is 11.3. The highest BCUT2D eigenvalue weighted by molar-refractivity contribution is 5.42. The van der Waals surface area contributed by atoms with E-state index in [0.29, 0.717) is 25.2 Å². The molecule has 0 aromatic heterocycles. The normalized spacial score (nSPS) is 63.3. The summed E-state index contributed by atoms with van der Waals surface area (Å²) in [5, 5.41) is 32.9. The summed E-state index contributed by atoms with van der Waals surface area (Å²) < 4.78 is 6.90.